The number of amides is 2. The first-order chi connectivity index (χ1) is 12.7. The van der Waals surface area contributed by atoms with Gasteiger partial charge in [0.05, 0.1) is 5.92 Å². The van der Waals surface area contributed by atoms with E-state index in [1.165, 1.54) is 0 Å². The van der Waals surface area contributed by atoms with Gasteiger partial charge in [-0.25, -0.2) is 0 Å². The number of halogens is 1. The van der Waals surface area contributed by atoms with Crippen LogP contribution in [-0.2, 0) is 9.59 Å². The molecule has 1 N–H and O–H groups in total. The summed E-state index contributed by atoms with van der Waals surface area (Å²) in [5.74, 6) is 1.19. The number of carbonyl (C=O) groups excluding carboxylic acids is 2. The summed E-state index contributed by atoms with van der Waals surface area (Å²) >= 11 is 0. The second-order valence-electron chi connectivity index (χ2n) is 7.12. The zero-order valence-corrected chi connectivity index (χ0v) is 16.3. The first-order valence-corrected chi connectivity index (χ1v) is 9.32. The normalized spacial score (nSPS) is 22.6. The van der Waals surface area contributed by atoms with E-state index in [1.54, 1.807) is 4.90 Å². The average molecular weight is 396 g/mol. The molecule has 27 heavy (non-hydrogen) atoms. The predicted octanol–water partition coefficient (Wildman–Crippen LogP) is 1.44. The molecule has 1 atom stereocenters. The monoisotopic (exact) mass is 395 g/mol. The fraction of sp³-hybridized carbons (Fsp3) is 0.579. The Kier molecular flexibility index (Phi) is 6.11. The van der Waals surface area contributed by atoms with E-state index in [4.69, 9.17) is 9.47 Å². The van der Waals surface area contributed by atoms with E-state index in [0.29, 0.717) is 37.3 Å². The molecule has 7 nitrogen and oxygen atoms in total. The standard InChI is InChI=1S/C19H25N3O4.ClH/c1-20-14-4-6-21(7-5-14)19(24)13-10-18(23)22(12-13)15-2-3-16-17(11-15)26-9-8-25-16;/h2-3,11,13-14,20H,4-10,12H2,1H3;1H. The molecule has 1 aromatic carbocycles. The van der Waals surface area contributed by atoms with E-state index in [0.717, 1.165) is 31.6 Å². The minimum atomic E-state index is -0.262. The van der Waals surface area contributed by atoms with E-state index in [-0.39, 0.29) is 36.6 Å². The molecule has 2 amide bonds. The molecule has 0 aliphatic carbocycles. The Bertz CT molecular complexity index is 706. The van der Waals surface area contributed by atoms with Gasteiger partial charge in [-0.1, -0.05) is 0 Å². The van der Waals surface area contributed by atoms with Gasteiger partial charge in [-0.2, -0.15) is 0 Å². The highest BCUT2D eigenvalue weighted by molar-refractivity contribution is 6.00. The van der Waals surface area contributed by atoms with Crippen LogP contribution in [0.1, 0.15) is 19.3 Å². The third-order valence-electron chi connectivity index (χ3n) is 5.53. The molecule has 0 aromatic heterocycles. The number of nitrogens with one attached hydrogen (secondary N) is 1. The molecule has 0 saturated carbocycles. The van der Waals surface area contributed by atoms with Gasteiger partial charge < -0.3 is 24.6 Å². The van der Waals surface area contributed by atoms with Crippen molar-refractivity contribution in [3.63, 3.8) is 0 Å². The highest BCUT2D eigenvalue weighted by atomic mass is 35.5. The zero-order valence-electron chi connectivity index (χ0n) is 15.5. The number of ether oxygens (including phenoxy) is 2. The number of piperidine rings is 1. The van der Waals surface area contributed by atoms with Gasteiger partial charge in [-0.05, 0) is 32.0 Å². The van der Waals surface area contributed by atoms with Crippen LogP contribution in [0, 0.1) is 5.92 Å². The molecule has 4 rings (SSSR count). The van der Waals surface area contributed by atoms with Crippen molar-refractivity contribution in [2.75, 3.05) is 44.8 Å². The maximum Gasteiger partial charge on any atom is 0.228 e. The number of hydrogen-bond acceptors (Lipinski definition) is 5. The molecule has 0 bridgehead atoms. The summed E-state index contributed by atoms with van der Waals surface area (Å²) in [6, 6.07) is 6.00. The summed E-state index contributed by atoms with van der Waals surface area (Å²) < 4.78 is 11.1. The van der Waals surface area contributed by atoms with Crippen molar-refractivity contribution in [2.24, 2.45) is 5.92 Å². The van der Waals surface area contributed by atoms with E-state index >= 15 is 0 Å². The van der Waals surface area contributed by atoms with Crippen LogP contribution in [0.25, 0.3) is 0 Å². The SMILES string of the molecule is CNC1CCN(C(=O)C2CC(=O)N(c3ccc4c(c3)OCCO4)C2)CC1.Cl. The number of nitrogens with zero attached hydrogens (tertiary/aromatic N) is 2. The summed E-state index contributed by atoms with van der Waals surface area (Å²) in [5, 5.41) is 3.27. The minimum absolute atomic E-state index is 0. The van der Waals surface area contributed by atoms with Crippen LogP contribution in [-0.4, -0.2) is 62.7 Å². The topological polar surface area (TPSA) is 71.1 Å². The first-order valence-electron chi connectivity index (χ1n) is 9.32. The second-order valence-corrected chi connectivity index (χ2v) is 7.12. The number of benzene rings is 1. The van der Waals surface area contributed by atoms with E-state index in [1.807, 2.05) is 30.1 Å². The highest BCUT2D eigenvalue weighted by Crippen LogP contribution is 2.36. The third-order valence-corrected chi connectivity index (χ3v) is 5.53. The Balaban J connectivity index is 0.00000210. The molecule has 1 unspecified atom stereocenters. The van der Waals surface area contributed by atoms with Gasteiger partial charge in [0.1, 0.15) is 13.2 Å². The van der Waals surface area contributed by atoms with Crippen molar-refractivity contribution >= 4 is 29.9 Å². The van der Waals surface area contributed by atoms with Crippen LogP contribution < -0.4 is 19.7 Å². The van der Waals surface area contributed by atoms with Gasteiger partial charge in [-0.3, -0.25) is 9.59 Å². The van der Waals surface area contributed by atoms with Gasteiger partial charge in [0, 0.05) is 43.9 Å². The van der Waals surface area contributed by atoms with Crippen molar-refractivity contribution in [3.8, 4) is 11.5 Å². The lowest BCUT2D eigenvalue weighted by atomic mass is 10.0. The number of anilines is 1. The number of carbonyl (C=O) groups is 2. The van der Waals surface area contributed by atoms with E-state index in [2.05, 4.69) is 5.32 Å². The predicted molar refractivity (Wildman–Crippen MR) is 104 cm³/mol. The van der Waals surface area contributed by atoms with Crippen molar-refractivity contribution in [1.82, 2.24) is 10.2 Å². The molecule has 0 radical (unpaired) electrons. The van der Waals surface area contributed by atoms with Crippen LogP contribution in [0.2, 0.25) is 0 Å². The summed E-state index contributed by atoms with van der Waals surface area (Å²) in [6.07, 6.45) is 2.21. The molecular formula is C19H26ClN3O4. The molecule has 1 aromatic rings. The number of hydrogen-bond donors (Lipinski definition) is 1. The largest absolute Gasteiger partial charge is 0.486 e. The quantitative estimate of drug-likeness (QED) is 0.838. The summed E-state index contributed by atoms with van der Waals surface area (Å²) in [7, 11) is 1.96. The highest BCUT2D eigenvalue weighted by Gasteiger charge is 2.38. The van der Waals surface area contributed by atoms with Gasteiger partial charge in [0.15, 0.2) is 11.5 Å². The Hall–Kier alpha value is -1.99. The van der Waals surface area contributed by atoms with E-state index in [9.17, 15) is 9.59 Å². The lowest BCUT2D eigenvalue weighted by Crippen LogP contribution is -2.46. The van der Waals surface area contributed by atoms with Crippen molar-refractivity contribution in [3.05, 3.63) is 18.2 Å². The third kappa shape index (κ3) is 3.99. The number of likely N-dealkylation sites (tertiary alicyclic amines) is 1. The van der Waals surface area contributed by atoms with Gasteiger partial charge in [0.2, 0.25) is 11.8 Å². The molecule has 3 aliphatic heterocycles. The average Bonchev–Trinajstić information content (AvgIpc) is 3.08. The first kappa shape index (κ1) is 19.8. The Morgan fingerprint density at radius 2 is 1.85 bits per heavy atom. The van der Waals surface area contributed by atoms with Crippen LogP contribution in [0.15, 0.2) is 18.2 Å². The smallest absolute Gasteiger partial charge is 0.228 e. The zero-order chi connectivity index (χ0) is 18.1. The summed E-state index contributed by atoms with van der Waals surface area (Å²) in [4.78, 5) is 29.0. The molecular weight excluding hydrogens is 370 g/mol. The summed E-state index contributed by atoms with van der Waals surface area (Å²) in [6.45, 7) is 3.01. The Morgan fingerprint density at radius 1 is 1.15 bits per heavy atom. The molecule has 2 saturated heterocycles. The van der Waals surface area contributed by atoms with Crippen molar-refractivity contribution in [2.45, 2.75) is 25.3 Å². The molecule has 2 fully saturated rings. The number of rotatable bonds is 3. The lowest BCUT2D eigenvalue weighted by molar-refractivity contribution is -0.136. The van der Waals surface area contributed by atoms with Gasteiger partial charge in [0.25, 0.3) is 0 Å². The maximum absolute atomic E-state index is 12.8. The maximum atomic E-state index is 12.8. The van der Waals surface area contributed by atoms with Crippen LogP contribution in [0.5, 0.6) is 11.5 Å². The van der Waals surface area contributed by atoms with Gasteiger partial charge >= 0.3 is 0 Å². The second kappa shape index (κ2) is 8.35. The lowest BCUT2D eigenvalue weighted by Gasteiger charge is -2.33. The molecule has 3 heterocycles. The van der Waals surface area contributed by atoms with Crippen LogP contribution >= 0.6 is 12.4 Å². The fourth-order valence-electron chi connectivity index (χ4n) is 3.97. The molecule has 0 spiro atoms. The fourth-order valence-corrected chi connectivity index (χ4v) is 3.97. The molecule has 8 heteroatoms. The van der Waals surface area contributed by atoms with Crippen LogP contribution in [0.3, 0.4) is 0 Å². The summed E-state index contributed by atoms with van der Waals surface area (Å²) in [5.41, 5.74) is 0.767. The Labute approximate surface area is 165 Å². The molecule has 3 aliphatic rings. The van der Waals surface area contributed by atoms with Crippen LogP contribution in [0.4, 0.5) is 5.69 Å². The minimum Gasteiger partial charge on any atom is -0.486 e. The van der Waals surface area contributed by atoms with E-state index < -0.39 is 0 Å². The van der Waals surface area contributed by atoms with Crippen molar-refractivity contribution < 1.29 is 19.1 Å². The van der Waals surface area contributed by atoms with Crippen molar-refractivity contribution in [1.29, 1.82) is 0 Å². The Morgan fingerprint density at radius 3 is 2.56 bits per heavy atom. The van der Waals surface area contributed by atoms with Gasteiger partial charge in [-0.15, -0.1) is 12.4 Å². The number of fused-ring (bicyclic) bond motifs is 1. The molecule has 148 valence electrons.